The van der Waals surface area contributed by atoms with E-state index in [2.05, 4.69) is 13.5 Å². The number of esters is 3. The number of nitro groups is 1. The van der Waals surface area contributed by atoms with Crippen molar-refractivity contribution in [2.24, 2.45) is 0 Å². The highest BCUT2D eigenvalue weighted by Crippen LogP contribution is 2.33. The van der Waals surface area contributed by atoms with Gasteiger partial charge in [0.25, 0.3) is 0 Å². The predicted octanol–water partition coefficient (Wildman–Crippen LogP) is 10.0. The highest BCUT2D eigenvalue weighted by molar-refractivity contribution is 6.04. The topological polar surface area (TPSA) is 241 Å². The highest BCUT2D eigenvalue weighted by Gasteiger charge is 2.24. The van der Waals surface area contributed by atoms with E-state index in [0.717, 1.165) is 94.4 Å². The van der Waals surface area contributed by atoms with Crippen LogP contribution in [-0.2, 0) is 20.9 Å². The maximum Gasteiger partial charge on any atom is 0.345 e. The molecule has 0 unspecified atom stereocenters. The number of unbranched alkanes of at least 4 members (excludes halogenated alkanes) is 10. The number of anilines is 1. The summed E-state index contributed by atoms with van der Waals surface area (Å²) in [6.07, 6.45) is 14.0. The van der Waals surface area contributed by atoms with Crippen LogP contribution in [-0.4, -0.2) is 64.8 Å². The van der Waals surface area contributed by atoms with Crippen molar-refractivity contribution in [3.05, 3.63) is 136 Å². The summed E-state index contributed by atoms with van der Waals surface area (Å²) in [6.45, 7) is 6.73. The maximum absolute atomic E-state index is 12.8. The molecule has 4 aromatic carbocycles. The summed E-state index contributed by atoms with van der Waals surface area (Å²) in [6, 6.07) is 20.8. The number of nitrogens with zero attached hydrogens (tertiary/aromatic N) is 1. The Kier molecular flexibility index (Phi) is 22.7. The van der Waals surface area contributed by atoms with Gasteiger partial charge < -0.3 is 39.6 Å². The first-order chi connectivity index (χ1) is 30.8. The van der Waals surface area contributed by atoms with Gasteiger partial charge in [-0.3, -0.25) is 10.1 Å². The molecule has 0 atom stereocenters. The van der Waals surface area contributed by atoms with Gasteiger partial charge in [-0.15, -0.1) is 0 Å². The SMILES string of the molecule is C=CC(=O)OCCCCCCCCOc1ccccc1.CCCCCCCCOc1cc(N)c(C(=O)Oc2ccc(COC(=O)c3cc(C(=O)O)ccc3C(=O)O)cc2)cc1[N+](=O)[O-]. The second-order valence-electron chi connectivity index (χ2n) is 14.4. The zero-order valence-corrected chi connectivity index (χ0v) is 36.0. The Morgan fingerprint density at radius 3 is 1.86 bits per heavy atom. The lowest BCUT2D eigenvalue weighted by atomic mass is 10.0. The average molecular weight is 885 g/mol. The Labute approximate surface area is 372 Å². The fourth-order valence-corrected chi connectivity index (χ4v) is 6.01. The van der Waals surface area contributed by atoms with Crippen molar-refractivity contribution in [1.82, 2.24) is 0 Å². The van der Waals surface area contributed by atoms with Crippen LogP contribution in [0.3, 0.4) is 0 Å². The molecule has 0 radical (unpaired) electrons. The van der Waals surface area contributed by atoms with Crippen LogP contribution in [0.1, 0.15) is 131 Å². The monoisotopic (exact) mass is 884 g/mol. The van der Waals surface area contributed by atoms with E-state index in [4.69, 9.17) is 34.5 Å². The average Bonchev–Trinajstić information content (AvgIpc) is 3.29. The first-order valence-electron chi connectivity index (χ1n) is 21.1. The van der Waals surface area contributed by atoms with E-state index in [-0.39, 0.29) is 47.5 Å². The van der Waals surface area contributed by atoms with E-state index in [9.17, 15) is 39.2 Å². The van der Waals surface area contributed by atoms with Gasteiger partial charge in [-0.05, 0) is 67.3 Å². The van der Waals surface area contributed by atoms with E-state index in [1.165, 1.54) is 55.7 Å². The summed E-state index contributed by atoms with van der Waals surface area (Å²) >= 11 is 0. The molecule has 0 saturated heterocycles. The van der Waals surface area contributed by atoms with Crippen LogP contribution in [0, 0.1) is 10.1 Å². The first-order valence-corrected chi connectivity index (χ1v) is 21.1. The van der Waals surface area contributed by atoms with Gasteiger partial charge in [-0.25, -0.2) is 24.0 Å². The molecular weight excluding hydrogens is 829 g/mol. The fourth-order valence-electron chi connectivity index (χ4n) is 6.01. The lowest BCUT2D eigenvalue weighted by Crippen LogP contribution is -2.14. The molecule has 16 heteroatoms. The number of carbonyl (C=O) groups excluding carboxylic acids is 3. The number of carbonyl (C=O) groups is 5. The number of nitrogen functional groups attached to an aromatic ring is 1. The molecule has 342 valence electrons. The summed E-state index contributed by atoms with van der Waals surface area (Å²) in [5.74, 6) is -4.12. The minimum absolute atomic E-state index is 0.0401. The molecule has 4 N–H and O–H groups in total. The third kappa shape index (κ3) is 18.4. The number of hydrogen-bond acceptors (Lipinski definition) is 13. The number of ether oxygens (including phenoxy) is 5. The molecular formula is C48H56N2O14. The van der Waals surface area contributed by atoms with Crippen molar-refractivity contribution in [2.45, 2.75) is 90.6 Å². The molecule has 0 aromatic heterocycles. The minimum Gasteiger partial charge on any atom is -0.494 e. The minimum atomic E-state index is -1.43. The van der Waals surface area contributed by atoms with Crippen LogP contribution in [0.15, 0.2) is 97.6 Å². The number of hydrogen-bond donors (Lipinski definition) is 3. The maximum atomic E-state index is 12.8. The fraction of sp³-hybridized carbons (Fsp3) is 0.354. The lowest BCUT2D eigenvalue weighted by Gasteiger charge is -2.11. The number of benzene rings is 4. The van der Waals surface area contributed by atoms with Crippen LogP contribution in [0.4, 0.5) is 11.4 Å². The molecule has 0 spiro atoms. The number of carboxylic acid groups (broad SMARTS) is 2. The Morgan fingerprint density at radius 2 is 1.27 bits per heavy atom. The third-order valence-corrected chi connectivity index (χ3v) is 9.49. The Balaban J connectivity index is 0.000000454. The molecule has 0 bridgehead atoms. The van der Waals surface area contributed by atoms with Crippen molar-refractivity contribution in [3.8, 4) is 17.2 Å². The zero-order chi connectivity index (χ0) is 46.7. The van der Waals surface area contributed by atoms with E-state index in [1.807, 2.05) is 30.3 Å². The number of rotatable bonds is 27. The standard InChI is InChI=1S/C31H32N2O11.C17H24O3/c1-2-3-4-5-6-7-14-42-27-17-25(32)24(16-26(27)33(40)41)31(39)44-21-11-8-19(9-12-21)18-43-30(38)23-15-20(28(34)35)10-13-22(23)29(36)37;1-2-17(18)20-15-11-6-4-3-5-10-14-19-16-12-8-7-9-13-16/h8-13,15-17H,2-7,14,18,32H2,1H3,(H,34,35)(H,36,37);2,7-9,12-13H,1,3-6,10-11,14-15H2. The lowest BCUT2D eigenvalue weighted by molar-refractivity contribution is -0.385. The molecule has 0 heterocycles. The van der Waals surface area contributed by atoms with Crippen LogP contribution in [0.5, 0.6) is 17.2 Å². The van der Waals surface area contributed by atoms with E-state index < -0.39 is 45.6 Å². The van der Waals surface area contributed by atoms with Crippen LogP contribution < -0.4 is 19.9 Å². The molecule has 4 aromatic rings. The van der Waals surface area contributed by atoms with Gasteiger partial charge in [-0.1, -0.05) is 102 Å². The number of para-hydroxylation sites is 1. The van der Waals surface area contributed by atoms with E-state index in [1.54, 1.807) is 0 Å². The Morgan fingerprint density at radius 1 is 0.656 bits per heavy atom. The largest absolute Gasteiger partial charge is 0.494 e. The summed E-state index contributed by atoms with van der Waals surface area (Å²) < 4.78 is 26.6. The number of nitro benzene ring substituents is 1. The predicted molar refractivity (Wildman–Crippen MR) is 238 cm³/mol. The van der Waals surface area contributed by atoms with E-state index in [0.29, 0.717) is 12.2 Å². The molecule has 64 heavy (non-hydrogen) atoms. The number of aromatic carboxylic acids is 2. The number of carboxylic acids is 2. The smallest absolute Gasteiger partial charge is 0.345 e. The van der Waals surface area contributed by atoms with Gasteiger partial charge in [0.1, 0.15) is 18.1 Å². The van der Waals surface area contributed by atoms with Crippen LogP contribution >= 0.6 is 0 Å². The third-order valence-electron chi connectivity index (χ3n) is 9.49. The quantitative estimate of drug-likeness (QED) is 0.00959. The summed E-state index contributed by atoms with van der Waals surface area (Å²) in [5.41, 5.74) is 4.61. The molecule has 0 saturated carbocycles. The van der Waals surface area contributed by atoms with Gasteiger partial charge in [0.15, 0.2) is 5.75 Å². The van der Waals surface area contributed by atoms with Crippen molar-refractivity contribution in [3.63, 3.8) is 0 Å². The van der Waals surface area contributed by atoms with Gasteiger partial charge >= 0.3 is 35.5 Å². The van der Waals surface area contributed by atoms with Crippen molar-refractivity contribution < 1.29 is 62.8 Å². The number of nitrogens with two attached hydrogens (primary N) is 1. The molecule has 0 aliphatic carbocycles. The van der Waals surface area contributed by atoms with Crippen molar-refractivity contribution >= 4 is 41.2 Å². The summed E-state index contributed by atoms with van der Waals surface area (Å²) in [4.78, 5) is 69.8. The van der Waals surface area contributed by atoms with Crippen molar-refractivity contribution in [1.29, 1.82) is 0 Å². The molecule has 0 aliphatic rings. The van der Waals surface area contributed by atoms with Gasteiger partial charge in [0.05, 0.1) is 52.7 Å². The molecule has 0 fully saturated rings. The summed E-state index contributed by atoms with van der Waals surface area (Å²) in [7, 11) is 0. The van der Waals surface area contributed by atoms with Gasteiger partial charge in [-0.2, -0.15) is 0 Å². The molecule has 4 rings (SSSR count). The second-order valence-corrected chi connectivity index (χ2v) is 14.4. The van der Waals surface area contributed by atoms with Crippen LogP contribution in [0.25, 0.3) is 0 Å². The van der Waals surface area contributed by atoms with Crippen LogP contribution in [0.2, 0.25) is 0 Å². The molecule has 16 nitrogen and oxygen atoms in total. The zero-order valence-electron chi connectivity index (χ0n) is 36.0. The second kappa shape index (κ2) is 28.4. The molecule has 0 amide bonds. The highest BCUT2D eigenvalue weighted by atomic mass is 16.6. The first kappa shape index (κ1) is 51.1. The normalized spacial score (nSPS) is 10.4. The van der Waals surface area contributed by atoms with E-state index >= 15 is 0 Å². The Bertz CT molecular complexity index is 2160. The Hall–Kier alpha value is -7.23. The van der Waals surface area contributed by atoms with Gasteiger partial charge in [0, 0.05) is 18.2 Å². The van der Waals surface area contributed by atoms with Crippen molar-refractivity contribution in [2.75, 3.05) is 25.6 Å². The van der Waals surface area contributed by atoms with Gasteiger partial charge in [0.2, 0.25) is 0 Å². The molecule has 0 aliphatic heterocycles. The summed E-state index contributed by atoms with van der Waals surface area (Å²) in [5, 5.41) is 30.1.